The molecule has 0 saturated heterocycles. The quantitative estimate of drug-likeness (QED) is 0.864. The SMILES string of the molecule is CC(N)c1cccc2c1N(C1CCCCC1)CC2. The van der Waals surface area contributed by atoms with Crippen molar-refractivity contribution in [2.24, 2.45) is 5.73 Å². The highest BCUT2D eigenvalue weighted by Crippen LogP contribution is 2.38. The van der Waals surface area contributed by atoms with Gasteiger partial charge in [-0.15, -0.1) is 0 Å². The summed E-state index contributed by atoms with van der Waals surface area (Å²) in [5.74, 6) is 0. The maximum absolute atomic E-state index is 6.15. The number of fused-ring (bicyclic) bond motifs is 1. The number of nitrogens with two attached hydrogens (primary N) is 1. The Morgan fingerprint density at radius 3 is 2.72 bits per heavy atom. The number of benzene rings is 1. The molecule has 1 atom stereocenters. The van der Waals surface area contributed by atoms with E-state index >= 15 is 0 Å². The fourth-order valence-electron chi connectivity index (χ4n) is 3.64. The van der Waals surface area contributed by atoms with E-state index in [1.807, 2.05) is 0 Å². The van der Waals surface area contributed by atoms with Crippen molar-refractivity contribution >= 4 is 5.69 Å². The maximum atomic E-state index is 6.15. The van der Waals surface area contributed by atoms with Crippen molar-refractivity contribution in [3.63, 3.8) is 0 Å². The van der Waals surface area contributed by atoms with E-state index in [9.17, 15) is 0 Å². The van der Waals surface area contributed by atoms with Crippen molar-refractivity contribution in [2.75, 3.05) is 11.4 Å². The highest BCUT2D eigenvalue weighted by molar-refractivity contribution is 5.65. The Bertz CT molecular complexity index is 419. The van der Waals surface area contributed by atoms with Gasteiger partial charge in [-0.25, -0.2) is 0 Å². The minimum Gasteiger partial charge on any atom is -0.368 e. The fraction of sp³-hybridized carbons (Fsp3) is 0.625. The lowest BCUT2D eigenvalue weighted by Gasteiger charge is -2.34. The van der Waals surface area contributed by atoms with Crippen LogP contribution in [0.3, 0.4) is 0 Å². The summed E-state index contributed by atoms with van der Waals surface area (Å²) in [4.78, 5) is 2.66. The molecule has 1 saturated carbocycles. The summed E-state index contributed by atoms with van der Waals surface area (Å²) in [7, 11) is 0. The number of rotatable bonds is 2. The molecule has 1 fully saturated rings. The number of anilines is 1. The van der Waals surface area contributed by atoms with Gasteiger partial charge >= 0.3 is 0 Å². The molecule has 0 aromatic heterocycles. The van der Waals surface area contributed by atoms with Gasteiger partial charge in [0, 0.05) is 24.3 Å². The molecule has 2 aliphatic rings. The van der Waals surface area contributed by atoms with Crippen LogP contribution >= 0.6 is 0 Å². The summed E-state index contributed by atoms with van der Waals surface area (Å²) in [6.45, 7) is 3.30. The predicted octanol–water partition coefficient (Wildman–Crippen LogP) is 3.40. The highest BCUT2D eigenvalue weighted by atomic mass is 15.2. The van der Waals surface area contributed by atoms with Crippen molar-refractivity contribution in [1.29, 1.82) is 0 Å². The van der Waals surface area contributed by atoms with Crippen molar-refractivity contribution < 1.29 is 0 Å². The van der Waals surface area contributed by atoms with Gasteiger partial charge in [0.15, 0.2) is 0 Å². The smallest absolute Gasteiger partial charge is 0.0450 e. The Labute approximate surface area is 110 Å². The van der Waals surface area contributed by atoms with Crippen LogP contribution < -0.4 is 10.6 Å². The average molecular weight is 244 g/mol. The maximum Gasteiger partial charge on any atom is 0.0450 e. The molecule has 2 N–H and O–H groups in total. The Morgan fingerprint density at radius 2 is 2.00 bits per heavy atom. The summed E-state index contributed by atoms with van der Waals surface area (Å²) in [6, 6.07) is 7.57. The van der Waals surface area contributed by atoms with Crippen molar-refractivity contribution in [1.82, 2.24) is 0 Å². The zero-order valence-corrected chi connectivity index (χ0v) is 11.4. The summed E-state index contributed by atoms with van der Waals surface area (Å²) in [5, 5.41) is 0. The van der Waals surface area contributed by atoms with E-state index in [-0.39, 0.29) is 6.04 Å². The molecule has 0 amide bonds. The monoisotopic (exact) mass is 244 g/mol. The molecule has 0 spiro atoms. The fourth-order valence-corrected chi connectivity index (χ4v) is 3.64. The first-order valence-electron chi connectivity index (χ1n) is 7.41. The van der Waals surface area contributed by atoms with Crippen LogP contribution in [-0.4, -0.2) is 12.6 Å². The van der Waals surface area contributed by atoms with Gasteiger partial charge in [0.2, 0.25) is 0 Å². The normalized spacial score (nSPS) is 22.0. The molecule has 98 valence electrons. The second-order valence-corrected chi connectivity index (χ2v) is 5.88. The zero-order valence-electron chi connectivity index (χ0n) is 11.4. The Morgan fingerprint density at radius 1 is 1.22 bits per heavy atom. The average Bonchev–Trinajstić information content (AvgIpc) is 2.83. The van der Waals surface area contributed by atoms with E-state index in [1.165, 1.54) is 61.9 Å². The van der Waals surface area contributed by atoms with Gasteiger partial charge < -0.3 is 10.6 Å². The van der Waals surface area contributed by atoms with Crippen LogP contribution in [0.2, 0.25) is 0 Å². The second kappa shape index (κ2) is 4.93. The van der Waals surface area contributed by atoms with Crippen LogP contribution in [0.25, 0.3) is 0 Å². The van der Waals surface area contributed by atoms with Gasteiger partial charge in [-0.2, -0.15) is 0 Å². The lowest BCUT2D eigenvalue weighted by Crippen LogP contribution is -2.36. The van der Waals surface area contributed by atoms with Crippen LogP contribution in [0.5, 0.6) is 0 Å². The van der Waals surface area contributed by atoms with Gasteiger partial charge in [-0.1, -0.05) is 37.5 Å². The van der Waals surface area contributed by atoms with Crippen molar-refractivity contribution in [2.45, 2.75) is 57.5 Å². The number of para-hydroxylation sites is 1. The van der Waals surface area contributed by atoms with Crippen LogP contribution in [0.15, 0.2) is 18.2 Å². The van der Waals surface area contributed by atoms with Gasteiger partial charge in [0.05, 0.1) is 0 Å². The number of hydrogen-bond acceptors (Lipinski definition) is 2. The summed E-state index contributed by atoms with van der Waals surface area (Å²) in [6.07, 6.45) is 8.16. The molecule has 0 radical (unpaired) electrons. The van der Waals surface area contributed by atoms with E-state index in [0.29, 0.717) is 0 Å². The van der Waals surface area contributed by atoms with Crippen LogP contribution in [0.1, 0.15) is 56.2 Å². The predicted molar refractivity (Wildman–Crippen MR) is 77.0 cm³/mol. The minimum absolute atomic E-state index is 0.143. The van der Waals surface area contributed by atoms with Gasteiger partial charge in [-0.05, 0) is 37.3 Å². The molecule has 2 heteroatoms. The molecule has 0 bridgehead atoms. The lowest BCUT2D eigenvalue weighted by atomic mass is 9.93. The first kappa shape index (κ1) is 12.0. The molecule has 1 unspecified atom stereocenters. The molecule has 1 aromatic carbocycles. The van der Waals surface area contributed by atoms with Crippen LogP contribution in [0, 0.1) is 0 Å². The number of nitrogens with zero attached hydrogens (tertiary/aromatic N) is 1. The van der Waals surface area contributed by atoms with Gasteiger partial charge in [0.25, 0.3) is 0 Å². The second-order valence-electron chi connectivity index (χ2n) is 5.88. The molecule has 18 heavy (non-hydrogen) atoms. The Balaban J connectivity index is 1.94. The zero-order chi connectivity index (χ0) is 12.5. The number of hydrogen-bond donors (Lipinski definition) is 1. The Hall–Kier alpha value is -1.02. The molecule has 1 aliphatic carbocycles. The summed E-state index contributed by atoms with van der Waals surface area (Å²) >= 11 is 0. The molecule has 2 nitrogen and oxygen atoms in total. The van der Waals surface area contributed by atoms with E-state index in [4.69, 9.17) is 5.73 Å². The third-order valence-corrected chi connectivity index (χ3v) is 4.57. The van der Waals surface area contributed by atoms with Gasteiger partial charge in [-0.3, -0.25) is 0 Å². The largest absolute Gasteiger partial charge is 0.368 e. The molecule has 1 heterocycles. The van der Waals surface area contributed by atoms with E-state index in [0.717, 1.165) is 6.04 Å². The summed E-state index contributed by atoms with van der Waals surface area (Å²) < 4.78 is 0. The minimum atomic E-state index is 0.143. The molecule has 1 aromatic rings. The van der Waals surface area contributed by atoms with Crippen molar-refractivity contribution in [3.8, 4) is 0 Å². The first-order chi connectivity index (χ1) is 8.77. The van der Waals surface area contributed by atoms with Crippen LogP contribution in [-0.2, 0) is 6.42 Å². The lowest BCUT2D eigenvalue weighted by molar-refractivity contribution is 0.419. The third-order valence-electron chi connectivity index (χ3n) is 4.57. The topological polar surface area (TPSA) is 29.3 Å². The van der Waals surface area contributed by atoms with Gasteiger partial charge in [0.1, 0.15) is 0 Å². The van der Waals surface area contributed by atoms with Crippen LogP contribution in [0.4, 0.5) is 5.69 Å². The molecule has 3 rings (SSSR count). The summed E-state index contributed by atoms with van der Waals surface area (Å²) in [5.41, 5.74) is 10.5. The van der Waals surface area contributed by atoms with E-state index in [2.05, 4.69) is 30.0 Å². The van der Waals surface area contributed by atoms with E-state index < -0.39 is 0 Å². The third kappa shape index (κ3) is 2.03. The Kier molecular flexibility index (Phi) is 3.29. The van der Waals surface area contributed by atoms with Crippen molar-refractivity contribution in [3.05, 3.63) is 29.3 Å². The van der Waals surface area contributed by atoms with E-state index in [1.54, 1.807) is 0 Å². The first-order valence-corrected chi connectivity index (χ1v) is 7.41. The standard InChI is InChI=1S/C16H24N2/c1-12(17)15-9-5-6-13-10-11-18(16(13)15)14-7-3-2-4-8-14/h5-6,9,12,14H,2-4,7-8,10-11,17H2,1H3. The molecular formula is C16H24N2. The molecule has 1 aliphatic heterocycles. The highest BCUT2D eigenvalue weighted by Gasteiger charge is 2.29. The molecular weight excluding hydrogens is 220 g/mol.